The number of benzene rings is 1. The molecule has 0 aliphatic rings. The van der Waals surface area contributed by atoms with Gasteiger partial charge in [-0.3, -0.25) is 0 Å². The Morgan fingerprint density at radius 3 is 2.38 bits per heavy atom. The summed E-state index contributed by atoms with van der Waals surface area (Å²) in [6.45, 7) is 4.51. The highest BCUT2D eigenvalue weighted by molar-refractivity contribution is 9.10. The van der Waals surface area contributed by atoms with Crippen molar-refractivity contribution in [1.29, 1.82) is 0 Å². The molecule has 0 amide bonds. The molecule has 120 valence electrons. The van der Waals surface area contributed by atoms with Gasteiger partial charge < -0.3 is 4.74 Å². The van der Waals surface area contributed by atoms with Crippen LogP contribution in [0, 0.1) is 6.92 Å². The summed E-state index contributed by atoms with van der Waals surface area (Å²) in [7, 11) is 1.66. The highest BCUT2D eigenvalue weighted by Crippen LogP contribution is 2.33. The van der Waals surface area contributed by atoms with Crippen molar-refractivity contribution in [2.75, 3.05) is 6.61 Å². The van der Waals surface area contributed by atoms with Gasteiger partial charge in [0.05, 0.1) is 6.61 Å². The van der Waals surface area contributed by atoms with E-state index in [9.17, 15) is 8.42 Å². The Balaban J connectivity index is 2.63. The number of hydrogen-bond donors (Lipinski definition) is 0. The third kappa shape index (κ3) is 6.57. The topological polar surface area (TPSA) is 43.4 Å². The van der Waals surface area contributed by atoms with Crippen molar-refractivity contribution < 1.29 is 13.2 Å². The predicted molar refractivity (Wildman–Crippen MR) is 90.8 cm³/mol. The van der Waals surface area contributed by atoms with E-state index in [1.54, 1.807) is 0 Å². The van der Waals surface area contributed by atoms with E-state index < -0.39 is 9.05 Å². The minimum atomic E-state index is -3.82. The van der Waals surface area contributed by atoms with E-state index in [2.05, 4.69) is 22.9 Å². The highest BCUT2D eigenvalue weighted by atomic mass is 79.9. The Labute approximate surface area is 140 Å². The predicted octanol–water partition coefficient (Wildman–Crippen LogP) is 5.42. The molecule has 0 aromatic heterocycles. The molecule has 0 spiro atoms. The van der Waals surface area contributed by atoms with Crippen molar-refractivity contribution in [3.8, 4) is 5.75 Å². The first-order valence-electron chi connectivity index (χ1n) is 7.24. The molecule has 1 aromatic carbocycles. The van der Waals surface area contributed by atoms with Gasteiger partial charge in [0.2, 0.25) is 0 Å². The lowest BCUT2D eigenvalue weighted by atomic mass is 10.1. The molecule has 1 aromatic rings. The summed E-state index contributed by atoms with van der Waals surface area (Å²) in [5, 5.41) is 0. The molecule has 3 nitrogen and oxygen atoms in total. The molecule has 0 saturated heterocycles. The first kappa shape index (κ1) is 18.8. The van der Waals surface area contributed by atoms with Crippen molar-refractivity contribution in [3.05, 3.63) is 22.2 Å². The SMILES string of the molecule is CCCCCCCCOc1c(C)cc(Br)cc1S(=O)(=O)Cl. The zero-order valence-electron chi connectivity index (χ0n) is 12.5. The van der Waals surface area contributed by atoms with Crippen LogP contribution in [0.3, 0.4) is 0 Å². The molecule has 0 unspecified atom stereocenters. The van der Waals surface area contributed by atoms with E-state index in [1.165, 1.54) is 31.7 Å². The fraction of sp³-hybridized carbons (Fsp3) is 0.600. The van der Waals surface area contributed by atoms with E-state index >= 15 is 0 Å². The van der Waals surface area contributed by atoms with Gasteiger partial charge in [0.15, 0.2) is 0 Å². The molecule has 0 fully saturated rings. The van der Waals surface area contributed by atoms with Crippen LogP contribution in [0.2, 0.25) is 0 Å². The van der Waals surface area contributed by atoms with Crippen molar-refractivity contribution in [2.45, 2.75) is 57.3 Å². The summed E-state index contributed by atoms with van der Waals surface area (Å²) < 4.78 is 29.6. The number of aryl methyl sites for hydroxylation is 1. The average Bonchev–Trinajstić information content (AvgIpc) is 2.38. The first-order valence-corrected chi connectivity index (χ1v) is 10.3. The van der Waals surface area contributed by atoms with Crippen LogP contribution in [0.25, 0.3) is 0 Å². The number of hydrogen-bond acceptors (Lipinski definition) is 3. The number of rotatable bonds is 9. The first-order chi connectivity index (χ1) is 9.86. The fourth-order valence-electron chi connectivity index (χ4n) is 2.12. The molecule has 0 aliphatic carbocycles. The Morgan fingerprint density at radius 2 is 1.76 bits per heavy atom. The molecule has 0 heterocycles. The largest absolute Gasteiger partial charge is 0.492 e. The summed E-state index contributed by atoms with van der Waals surface area (Å²) in [5.41, 5.74) is 0.759. The molecule has 0 N–H and O–H groups in total. The van der Waals surface area contributed by atoms with Crippen LogP contribution >= 0.6 is 26.6 Å². The summed E-state index contributed by atoms with van der Waals surface area (Å²) >= 11 is 3.28. The lowest BCUT2D eigenvalue weighted by molar-refractivity contribution is 0.295. The minimum absolute atomic E-state index is 0.0297. The van der Waals surface area contributed by atoms with E-state index in [1.807, 2.05) is 13.0 Å². The molecule has 1 rings (SSSR count). The van der Waals surface area contributed by atoms with Gasteiger partial charge in [-0.25, -0.2) is 8.42 Å². The summed E-state index contributed by atoms with van der Waals surface area (Å²) in [4.78, 5) is 0.0297. The van der Waals surface area contributed by atoms with Crippen molar-refractivity contribution in [2.24, 2.45) is 0 Å². The maximum atomic E-state index is 11.6. The van der Waals surface area contributed by atoms with E-state index in [4.69, 9.17) is 15.4 Å². The standard InChI is InChI=1S/C15H22BrClO3S/c1-3-4-5-6-7-8-9-20-15-12(2)10-13(16)11-14(15)21(17,18)19/h10-11H,3-9H2,1-2H3. The molecular weight excluding hydrogens is 376 g/mol. The van der Waals surface area contributed by atoms with Gasteiger partial charge in [-0.05, 0) is 31.0 Å². The Hall–Kier alpha value is -0.260. The van der Waals surface area contributed by atoms with Gasteiger partial charge in [0, 0.05) is 15.2 Å². The van der Waals surface area contributed by atoms with E-state index in [-0.39, 0.29) is 4.90 Å². The lowest BCUT2D eigenvalue weighted by Crippen LogP contribution is -2.04. The van der Waals surface area contributed by atoms with Gasteiger partial charge in [0.25, 0.3) is 9.05 Å². The van der Waals surface area contributed by atoms with Crippen LogP contribution in [-0.2, 0) is 9.05 Å². The zero-order valence-corrected chi connectivity index (χ0v) is 15.7. The van der Waals surface area contributed by atoms with Gasteiger partial charge in [-0.15, -0.1) is 0 Å². The average molecular weight is 398 g/mol. The second-order valence-corrected chi connectivity index (χ2v) is 8.55. The quantitative estimate of drug-likeness (QED) is 0.412. The van der Waals surface area contributed by atoms with Crippen molar-refractivity contribution in [3.63, 3.8) is 0 Å². The smallest absolute Gasteiger partial charge is 0.265 e. The number of halogens is 2. The van der Waals surface area contributed by atoms with Crippen molar-refractivity contribution in [1.82, 2.24) is 0 Å². The van der Waals surface area contributed by atoms with Crippen LogP contribution < -0.4 is 4.74 Å². The van der Waals surface area contributed by atoms with Crippen LogP contribution in [0.1, 0.15) is 51.0 Å². The Bertz CT molecular complexity index is 558. The fourth-order valence-corrected chi connectivity index (χ4v) is 3.90. The molecule has 0 atom stereocenters. The van der Waals surface area contributed by atoms with Crippen molar-refractivity contribution >= 4 is 35.7 Å². The van der Waals surface area contributed by atoms with E-state index in [0.717, 1.165) is 18.4 Å². The van der Waals surface area contributed by atoms with E-state index in [0.29, 0.717) is 16.8 Å². The Morgan fingerprint density at radius 1 is 1.14 bits per heavy atom. The molecule has 0 aliphatic heterocycles. The normalized spacial score (nSPS) is 11.6. The molecule has 21 heavy (non-hydrogen) atoms. The second-order valence-electron chi connectivity index (χ2n) is 5.10. The van der Waals surface area contributed by atoms with Crippen LogP contribution in [0.4, 0.5) is 0 Å². The van der Waals surface area contributed by atoms with Gasteiger partial charge >= 0.3 is 0 Å². The molecule has 0 bridgehead atoms. The second kappa shape index (κ2) is 9.01. The molecule has 0 radical (unpaired) electrons. The molecular formula is C15H22BrClO3S. The number of ether oxygens (including phenoxy) is 1. The minimum Gasteiger partial charge on any atom is -0.492 e. The third-order valence-corrected chi connectivity index (χ3v) is 5.00. The number of unbranched alkanes of at least 4 members (excludes halogenated alkanes) is 5. The highest BCUT2D eigenvalue weighted by Gasteiger charge is 2.19. The van der Waals surface area contributed by atoms with Gasteiger partial charge in [0.1, 0.15) is 10.6 Å². The van der Waals surface area contributed by atoms with Crippen LogP contribution in [0.15, 0.2) is 21.5 Å². The molecule has 6 heteroatoms. The van der Waals surface area contributed by atoms with Crippen LogP contribution in [0.5, 0.6) is 5.75 Å². The summed E-state index contributed by atoms with van der Waals surface area (Å²) in [6.07, 6.45) is 6.94. The van der Waals surface area contributed by atoms with Gasteiger partial charge in [-0.1, -0.05) is 55.0 Å². The maximum absolute atomic E-state index is 11.6. The Kier molecular flexibility index (Phi) is 8.06. The monoisotopic (exact) mass is 396 g/mol. The zero-order chi connectivity index (χ0) is 15.9. The third-order valence-electron chi connectivity index (χ3n) is 3.21. The summed E-state index contributed by atoms with van der Waals surface area (Å²) in [6, 6.07) is 3.30. The van der Waals surface area contributed by atoms with Crippen LogP contribution in [-0.4, -0.2) is 15.0 Å². The summed E-state index contributed by atoms with van der Waals surface area (Å²) in [5.74, 6) is 0.363. The molecule has 0 saturated carbocycles. The van der Waals surface area contributed by atoms with Gasteiger partial charge in [-0.2, -0.15) is 0 Å². The lowest BCUT2D eigenvalue weighted by Gasteiger charge is -2.13. The maximum Gasteiger partial charge on any atom is 0.265 e.